The molecule has 14 heavy (non-hydrogen) atoms. The lowest BCUT2D eigenvalue weighted by atomic mass is 10.3. The highest BCUT2D eigenvalue weighted by atomic mass is 32.1. The molecule has 2 N–H and O–H groups in total. The van der Waals surface area contributed by atoms with Gasteiger partial charge in [0.1, 0.15) is 5.01 Å². The molecular formula is C8H14N4OS. The average Bonchev–Trinajstić information content (AvgIpc) is 2.63. The lowest BCUT2D eigenvalue weighted by Crippen LogP contribution is -2.42. The van der Waals surface area contributed by atoms with Gasteiger partial charge < -0.3 is 15.4 Å². The SMILES string of the molecule is Cc1nnc(NCC2CNCCO2)s1. The van der Waals surface area contributed by atoms with Crippen LogP contribution < -0.4 is 10.6 Å². The Morgan fingerprint density at radius 2 is 2.57 bits per heavy atom. The Morgan fingerprint density at radius 1 is 1.64 bits per heavy atom. The molecule has 2 rings (SSSR count). The molecule has 1 aliphatic rings. The van der Waals surface area contributed by atoms with Crippen LogP contribution in [-0.4, -0.2) is 42.5 Å². The summed E-state index contributed by atoms with van der Waals surface area (Å²) in [7, 11) is 0. The fourth-order valence-corrected chi connectivity index (χ4v) is 1.92. The van der Waals surface area contributed by atoms with Crippen LogP contribution in [0.2, 0.25) is 0 Å². The minimum Gasteiger partial charge on any atom is -0.374 e. The van der Waals surface area contributed by atoms with Crippen molar-refractivity contribution >= 4 is 16.5 Å². The smallest absolute Gasteiger partial charge is 0.205 e. The van der Waals surface area contributed by atoms with Gasteiger partial charge in [-0.3, -0.25) is 0 Å². The quantitative estimate of drug-likeness (QED) is 0.755. The molecular weight excluding hydrogens is 200 g/mol. The van der Waals surface area contributed by atoms with Gasteiger partial charge >= 0.3 is 0 Å². The first-order valence-electron chi connectivity index (χ1n) is 4.71. The van der Waals surface area contributed by atoms with E-state index in [1.807, 2.05) is 6.92 Å². The van der Waals surface area contributed by atoms with Crippen molar-refractivity contribution in [2.24, 2.45) is 0 Å². The molecule has 1 aromatic rings. The van der Waals surface area contributed by atoms with E-state index in [1.165, 1.54) is 0 Å². The summed E-state index contributed by atoms with van der Waals surface area (Å²) in [5, 5.41) is 16.3. The molecule has 1 aliphatic heterocycles. The molecule has 5 nitrogen and oxygen atoms in total. The molecule has 0 aliphatic carbocycles. The number of aryl methyl sites for hydroxylation is 1. The molecule has 0 spiro atoms. The first-order chi connectivity index (χ1) is 6.84. The van der Waals surface area contributed by atoms with Crippen molar-refractivity contribution in [3.8, 4) is 0 Å². The number of hydrogen-bond acceptors (Lipinski definition) is 6. The summed E-state index contributed by atoms with van der Waals surface area (Å²) < 4.78 is 5.54. The minimum absolute atomic E-state index is 0.243. The number of nitrogens with one attached hydrogen (secondary N) is 2. The molecule has 1 fully saturated rings. The zero-order valence-corrected chi connectivity index (χ0v) is 8.93. The molecule has 0 bridgehead atoms. The van der Waals surface area contributed by atoms with Gasteiger partial charge in [-0.15, -0.1) is 10.2 Å². The van der Waals surface area contributed by atoms with E-state index < -0.39 is 0 Å². The third-order valence-electron chi connectivity index (χ3n) is 2.01. The Balaban J connectivity index is 1.76. The van der Waals surface area contributed by atoms with Crippen LogP contribution >= 0.6 is 11.3 Å². The first-order valence-corrected chi connectivity index (χ1v) is 5.52. The molecule has 1 aromatic heterocycles. The molecule has 1 atom stereocenters. The minimum atomic E-state index is 0.243. The lowest BCUT2D eigenvalue weighted by molar-refractivity contribution is 0.0372. The highest BCUT2D eigenvalue weighted by Gasteiger charge is 2.13. The van der Waals surface area contributed by atoms with Crippen molar-refractivity contribution in [3.63, 3.8) is 0 Å². The predicted octanol–water partition coefficient (Wildman–Crippen LogP) is 0.247. The van der Waals surface area contributed by atoms with Crippen molar-refractivity contribution in [1.82, 2.24) is 15.5 Å². The van der Waals surface area contributed by atoms with Crippen LogP contribution in [0.4, 0.5) is 5.13 Å². The normalized spacial score (nSPS) is 22.2. The van der Waals surface area contributed by atoms with Crippen LogP contribution in [0.5, 0.6) is 0 Å². The van der Waals surface area contributed by atoms with E-state index in [4.69, 9.17) is 4.74 Å². The third-order valence-corrected chi connectivity index (χ3v) is 2.81. The summed E-state index contributed by atoms with van der Waals surface area (Å²) in [6.07, 6.45) is 0.243. The lowest BCUT2D eigenvalue weighted by Gasteiger charge is -2.23. The van der Waals surface area contributed by atoms with Gasteiger partial charge in [0, 0.05) is 19.6 Å². The Morgan fingerprint density at radius 3 is 3.21 bits per heavy atom. The topological polar surface area (TPSA) is 59.1 Å². The predicted molar refractivity (Wildman–Crippen MR) is 55.7 cm³/mol. The zero-order chi connectivity index (χ0) is 9.80. The Bertz CT molecular complexity index is 285. The van der Waals surface area contributed by atoms with E-state index >= 15 is 0 Å². The van der Waals surface area contributed by atoms with Crippen LogP contribution in [0.15, 0.2) is 0 Å². The number of nitrogens with zero attached hydrogens (tertiary/aromatic N) is 2. The van der Waals surface area contributed by atoms with Crippen LogP contribution in [0.1, 0.15) is 5.01 Å². The van der Waals surface area contributed by atoms with Gasteiger partial charge in [-0.2, -0.15) is 0 Å². The molecule has 2 heterocycles. The molecule has 0 radical (unpaired) electrons. The molecule has 0 aromatic carbocycles. The highest BCUT2D eigenvalue weighted by molar-refractivity contribution is 7.15. The molecule has 6 heteroatoms. The maximum Gasteiger partial charge on any atom is 0.205 e. The second kappa shape index (κ2) is 4.68. The summed E-state index contributed by atoms with van der Waals surface area (Å²) in [6.45, 7) is 5.39. The second-order valence-electron chi connectivity index (χ2n) is 3.20. The number of anilines is 1. The fraction of sp³-hybridized carbons (Fsp3) is 0.750. The Labute approximate surface area is 86.9 Å². The van der Waals surface area contributed by atoms with Crippen LogP contribution in [0.3, 0.4) is 0 Å². The van der Waals surface area contributed by atoms with Gasteiger partial charge in [-0.05, 0) is 6.92 Å². The highest BCUT2D eigenvalue weighted by Crippen LogP contribution is 2.13. The third kappa shape index (κ3) is 2.63. The molecule has 0 saturated carbocycles. The zero-order valence-electron chi connectivity index (χ0n) is 8.12. The van der Waals surface area contributed by atoms with Gasteiger partial charge in [-0.25, -0.2) is 0 Å². The number of morpholine rings is 1. The van der Waals surface area contributed by atoms with Crippen molar-refractivity contribution in [1.29, 1.82) is 0 Å². The summed E-state index contributed by atoms with van der Waals surface area (Å²) in [5.41, 5.74) is 0. The fourth-order valence-electron chi connectivity index (χ4n) is 1.32. The van der Waals surface area contributed by atoms with Gasteiger partial charge in [0.2, 0.25) is 5.13 Å². The van der Waals surface area contributed by atoms with Gasteiger partial charge in [0.15, 0.2) is 0 Å². The van der Waals surface area contributed by atoms with Crippen LogP contribution in [-0.2, 0) is 4.74 Å². The van der Waals surface area contributed by atoms with Crippen molar-refractivity contribution in [2.75, 3.05) is 31.6 Å². The monoisotopic (exact) mass is 214 g/mol. The van der Waals surface area contributed by atoms with Gasteiger partial charge in [0.05, 0.1) is 12.7 Å². The maximum absolute atomic E-state index is 5.54. The number of aromatic nitrogens is 2. The first kappa shape index (κ1) is 9.82. The van der Waals surface area contributed by atoms with Gasteiger partial charge in [0.25, 0.3) is 0 Å². The number of hydrogen-bond donors (Lipinski definition) is 2. The van der Waals surface area contributed by atoms with E-state index in [0.29, 0.717) is 0 Å². The Kier molecular flexibility index (Phi) is 3.28. The van der Waals surface area contributed by atoms with E-state index in [2.05, 4.69) is 20.8 Å². The maximum atomic E-state index is 5.54. The molecule has 0 amide bonds. The number of ether oxygens (including phenoxy) is 1. The standard InChI is InChI=1S/C8H14N4OS/c1-6-11-12-8(14-6)10-5-7-4-9-2-3-13-7/h7,9H,2-5H2,1H3,(H,10,12). The van der Waals surface area contributed by atoms with E-state index in [9.17, 15) is 0 Å². The van der Waals surface area contributed by atoms with Crippen molar-refractivity contribution in [3.05, 3.63) is 5.01 Å². The second-order valence-corrected chi connectivity index (χ2v) is 4.39. The van der Waals surface area contributed by atoms with Crippen LogP contribution in [0.25, 0.3) is 0 Å². The largest absolute Gasteiger partial charge is 0.374 e. The summed E-state index contributed by atoms with van der Waals surface area (Å²) in [6, 6.07) is 0. The summed E-state index contributed by atoms with van der Waals surface area (Å²) >= 11 is 1.57. The van der Waals surface area contributed by atoms with Crippen LogP contribution in [0, 0.1) is 6.92 Å². The van der Waals surface area contributed by atoms with E-state index in [-0.39, 0.29) is 6.10 Å². The molecule has 1 unspecified atom stereocenters. The van der Waals surface area contributed by atoms with E-state index in [1.54, 1.807) is 11.3 Å². The summed E-state index contributed by atoms with van der Waals surface area (Å²) in [5.74, 6) is 0. The van der Waals surface area contributed by atoms with Crippen molar-refractivity contribution < 1.29 is 4.74 Å². The molecule has 1 saturated heterocycles. The van der Waals surface area contributed by atoms with Crippen molar-refractivity contribution in [2.45, 2.75) is 13.0 Å². The molecule has 78 valence electrons. The number of rotatable bonds is 3. The average molecular weight is 214 g/mol. The van der Waals surface area contributed by atoms with Gasteiger partial charge in [-0.1, -0.05) is 11.3 Å². The Hall–Kier alpha value is -0.720. The van der Waals surface area contributed by atoms with E-state index in [0.717, 1.165) is 36.4 Å². The summed E-state index contributed by atoms with van der Waals surface area (Å²) in [4.78, 5) is 0.